The van der Waals surface area contributed by atoms with Gasteiger partial charge in [0.25, 0.3) is 15.9 Å². The van der Waals surface area contributed by atoms with Crippen molar-refractivity contribution < 1.29 is 27.4 Å². The Morgan fingerprint density at radius 1 is 0.879 bits per heavy atom. The highest BCUT2D eigenvalue weighted by atomic mass is 32.2. The molecule has 0 bridgehead atoms. The molecule has 8 nitrogen and oxygen atoms in total. The van der Waals surface area contributed by atoms with Crippen LogP contribution in [0.2, 0.25) is 0 Å². The van der Waals surface area contributed by atoms with Crippen LogP contribution in [0.1, 0.15) is 12.5 Å². The maximum absolute atomic E-state index is 12.8. The van der Waals surface area contributed by atoms with Crippen LogP contribution in [0.5, 0.6) is 17.2 Å². The van der Waals surface area contributed by atoms with Gasteiger partial charge in [0, 0.05) is 5.69 Å². The summed E-state index contributed by atoms with van der Waals surface area (Å²) in [6.45, 7) is 3.48. The lowest BCUT2D eigenvalue weighted by Crippen LogP contribution is -2.30. The zero-order valence-corrected chi connectivity index (χ0v) is 19.6. The molecule has 0 aromatic heterocycles. The summed E-state index contributed by atoms with van der Waals surface area (Å²) in [5, 5.41) is 2.71. The SMILES string of the molecule is COc1ccc(O[C@H](C)C(=O)Nc2ccc(S(=O)(=O)Nc3cc(C)ccc3OC)cc2)cc1. The van der Waals surface area contributed by atoms with E-state index in [0.717, 1.165) is 5.56 Å². The average Bonchev–Trinajstić information content (AvgIpc) is 2.80. The molecule has 1 amide bonds. The number of hydrogen-bond donors (Lipinski definition) is 2. The standard InChI is InChI=1S/C24H26N2O6S/c1-16-5-14-23(31-4)22(15-16)26-33(28,29)21-12-6-18(7-13-21)25-24(27)17(2)32-20-10-8-19(30-3)9-11-20/h5-15,17,26H,1-4H3,(H,25,27)/t17-/m1/s1. The summed E-state index contributed by atoms with van der Waals surface area (Å²) >= 11 is 0. The van der Waals surface area contributed by atoms with Crippen molar-refractivity contribution in [3.05, 3.63) is 72.3 Å². The van der Waals surface area contributed by atoms with Gasteiger partial charge in [-0.05, 0) is 80.1 Å². The molecular weight excluding hydrogens is 444 g/mol. The summed E-state index contributed by atoms with van der Waals surface area (Å²) < 4.78 is 44.1. The fourth-order valence-electron chi connectivity index (χ4n) is 2.98. The third kappa shape index (κ3) is 6.17. The van der Waals surface area contributed by atoms with E-state index >= 15 is 0 Å². The van der Waals surface area contributed by atoms with E-state index in [2.05, 4.69) is 10.0 Å². The highest BCUT2D eigenvalue weighted by Crippen LogP contribution is 2.28. The first-order valence-corrected chi connectivity index (χ1v) is 11.6. The Hall–Kier alpha value is -3.72. The number of methoxy groups -OCH3 is 2. The van der Waals surface area contributed by atoms with E-state index < -0.39 is 16.1 Å². The van der Waals surface area contributed by atoms with Crippen molar-refractivity contribution in [1.82, 2.24) is 0 Å². The molecule has 0 unspecified atom stereocenters. The number of nitrogens with one attached hydrogen (secondary N) is 2. The number of benzene rings is 3. The lowest BCUT2D eigenvalue weighted by molar-refractivity contribution is -0.122. The zero-order chi connectivity index (χ0) is 24.0. The van der Waals surface area contributed by atoms with Gasteiger partial charge in [0.2, 0.25) is 0 Å². The van der Waals surface area contributed by atoms with Gasteiger partial charge in [-0.1, -0.05) is 6.07 Å². The molecule has 0 saturated heterocycles. The third-order valence-corrected chi connectivity index (χ3v) is 6.15. The summed E-state index contributed by atoms with van der Waals surface area (Å²) in [7, 11) is -0.809. The molecular formula is C24H26N2O6S. The van der Waals surface area contributed by atoms with Crippen LogP contribution in [-0.2, 0) is 14.8 Å². The number of sulfonamides is 1. The Bertz CT molecular complexity index is 1210. The van der Waals surface area contributed by atoms with Crippen LogP contribution < -0.4 is 24.2 Å². The predicted octanol–water partition coefficient (Wildman–Crippen LogP) is 4.22. The van der Waals surface area contributed by atoms with E-state index in [4.69, 9.17) is 14.2 Å². The van der Waals surface area contributed by atoms with E-state index in [1.54, 1.807) is 50.4 Å². The van der Waals surface area contributed by atoms with Crippen LogP contribution in [0.15, 0.2) is 71.6 Å². The van der Waals surface area contributed by atoms with Crippen LogP contribution >= 0.6 is 0 Å². The Labute approximate surface area is 193 Å². The van der Waals surface area contributed by atoms with Crippen molar-refractivity contribution in [3.63, 3.8) is 0 Å². The summed E-state index contributed by atoms with van der Waals surface area (Å²) in [5.41, 5.74) is 1.68. The first-order valence-electron chi connectivity index (χ1n) is 10.1. The Balaban J connectivity index is 1.65. The average molecular weight is 471 g/mol. The largest absolute Gasteiger partial charge is 0.497 e. The molecule has 3 rings (SSSR count). The molecule has 3 aromatic rings. The quantitative estimate of drug-likeness (QED) is 0.485. The van der Waals surface area contributed by atoms with Gasteiger partial charge >= 0.3 is 0 Å². The van der Waals surface area contributed by atoms with Crippen molar-refractivity contribution >= 4 is 27.3 Å². The monoisotopic (exact) mass is 470 g/mol. The molecule has 0 aliphatic heterocycles. The Morgan fingerprint density at radius 3 is 2.12 bits per heavy atom. The van der Waals surface area contributed by atoms with Gasteiger partial charge in [0.1, 0.15) is 17.2 Å². The molecule has 3 aromatic carbocycles. The molecule has 2 N–H and O–H groups in total. The lowest BCUT2D eigenvalue weighted by atomic mass is 10.2. The fourth-order valence-corrected chi connectivity index (χ4v) is 4.04. The highest BCUT2D eigenvalue weighted by Gasteiger charge is 2.18. The van der Waals surface area contributed by atoms with Crippen LogP contribution in [0.4, 0.5) is 11.4 Å². The van der Waals surface area contributed by atoms with Crippen LogP contribution in [0.3, 0.4) is 0 Å². The number of carbonyl (C=O) groups excluding carboxylic acids is 1. The van der Waals surface area contributed by atoms with E-state index in [1.807, 2.05) is 13.0 Å². The topological polar surface area (TPSA) is 103 Å². The number of aryl methyl sites for hydroxylation is 1. The second-order valence-electron chi connectivity index (χ2n) is 7.26. The number of ether oxygens (including phenoxy) is 3. The first kappa shape index (κ1) is 23.9. The van der Waals surface area contributed by atoms with Crippen molar-refractivity contribution in [2.75, 3.05) is 24.3 Å². The van der Waals surface area contributed by atoms with E-state index in [1.165, 1.54) is 31.4 Å². The number of hydrogen-bond acceptors (Lipinski definition) is 6. The summed E-state index contributed by atoms with van der Waals surface area (Å²) in [6.07, 6.45) is -0.766. The number of anilines is 2. The van der Waals surface area contributed by atoms with Crippen LogP contribution in [0.25, 0.3) is 0 Å². The van der Waals surface area contributed by atoms with Gasteiger partial charge in [-0.15, -0.1) is 0 Å². The molecule has 174 valence electrons. The molecule has 1 atom stereocenters. The van der Waals surface area contributed by atoms with Gasteiger partial charge in [-0.3, -0.25) is 9.52 Å². The van der Waals surface area contributed by atoms with Crippen molar-refractivity contribution in [2.45, 2.75) is 24.8 Å². The smallest absolute Gasteiger partial charge is 0.265 e. The van der Waals surface area contributed by atoms with Crippen LogP contribution in [0, 0.1) is 6.92 Å². The molecule has 0 heterocycles. The van der Waals surface area contributed by atoms with Crippen molar-refractivity contribution in [2.24, 2.45) is 0 Å². The zero-order valence-electron chi connectivity index (χ0n) is 18.8. The van der Waals surface area contributed by atoms with E-state index in [0.29, 0.717) is 28.6 Å². The predicted molar refractivity (Wildman–Crippen MR) is 127 cm³/mol. The summed E-state index contributed by atoms with van der Waals surface area (Å²) in [4.78, 5) is 12.5. The Kier molecular flexibility index (Phi) is 7.44. The second-order valence-corrected chi connectivity index (χ2v) is 8.94. The number of amides is 1. The van der Waals surface area contributed by atoms with Gasteiger partial charge in [0.05, 0.1) is 24.8 Å². The minimum absolute atomic E-state index is 0.0478. The summed E-state index contributed by atoms with van der Waals surface area (Å²) in [6, 6.07) is 17.9. The molecule has 0 aliphatic carbocycles. The number of rotatable bonds is 9. The summed E-state index contributed by atoms with van der Waals surface area (Å²) in [5.74, 6) is 1.25. The molecule has 0 aliphatic rings. The lowest BCUT2D eigenvalue weighted by Gasteiger charge is -2.15. The molecule has 0 saturated carbocycles. The minimum Gasteiger partial charge on any atom is -0.497 e. The molecule has 9 heteroatoms. The third-order valence-electron chi connectivity index (χ3n) is 4.77. The highest BCUT2D eigenvalue weighted by molar-refractivity contribution is 7.92. The van der Waals surface area contributed by atoms with Crippen molar-refractivity contribution in [3.8, 4) is 17.2 Å². The van der Waals surface area contributed by atoms with Gasteiger partial charge in [0.15, 0.2) is 6.10 Å². The number of carbonyl (C=O) groups is 1. The molecule has 0 fully saturated rings. The van der Waals surface area contributed by atoms with E-state index in [9.17, 15) is 13.2 Å². The normalized spacial score (nSPS) is 11.9. The van der Waals surface area contributed by atoms with Crippen LogP contribution in [-0.4, -0.2) is 34.6 Å². The van der Waals surface area contributed by atoms with Gasteiger partial charge in [-0.2, -0.15) is 0 Å². The van der Waals surface area contributed by atoms with E-state index in [-0.39, 0.29) is 10.8 Å². The molecule has 0 radical (unpaired) electrons. The van der Waals surface area contributed by atoms with Crippen molar-refractivity contribution in [1.29, 1.82) is 0 Å². The Morgan fingerprint density at radius 2 is 1.52 bits per heavy atom. The minimum atomic E-state index is -3.85. The maximum Gasteiger partial charge on any atom is 0.265 e. The fraction of sp³-hybridized carbons (Fsp3) is 0.208. The van der Waals surface area contributed by atoms with Gasteiger partial charge in [-0.25, -0.2) is 8.42 Å². The molecule has 0 spiro atoms. The first-order chi connectivity index (χ1) is 15.7. The maximum atomic E-state index is 12.8. The van der Waals surface area contributed by atoms with Gasteiger partial charge < -0.3 is 19.5 Å². The second kappa shape index (κ2) is 10.3. The molecule has 33 heavy (non-hydrogen) atoms.